The SMILES string of the molecule is Cc1nc2c(F)cc(-c3nc(Nc4ccc(CN5CCCC(C)(C)C5)cn4)ncc3F)cc2n1C(C)C.Cc1nc2c(F)cc(-c3nc(Nc4ccc(CN5CCO[C@@](C)(C[C@H](C)O)C5)cn4)ncc3F)cc2n1C(C)C.Cc1nc2c(F)cc(-c3nc(Nc4ccc(CN5CCO[C@](C)(CCO)C5)cn4)ncc3F)cc2n1C(C)C. The fraction of sp³-hybridized carbons (Fsp3) is 0.435. The van der Waals surface area contributed by atoms with Crippen LogP contribution in [-0.4, -0.2) is 175 Å². The summed E-state index contributed by atoms with van der Waals surface area (Å²) in [7, 11) is 0. The molecule has 0 aliphatic carbocycles. The Morgan fingerprint density at radius 2 is 0.776 bits per heavy atom. The first-order valence-corrected chi connectivity index (χ1v) is 39.3. The molecule has 0 amide bonds. The number of benzene rings is 3. The van der Waals surface area contributed by atoms with Crippen molar-refractivity contribution < 1.29 is 46.0 Å². The first kappa shape index (κ1) is 83.4. The van der Waals surface area contributed by atoms with Crippen LogP contribution in [0.2, 0.25) is 0 Å². The lowest BCUT2D eigenvalue weighted by molar-refractivity contribution is -0.117. The van der Waals surface area contributed by atoms with E-state index >= 15 is 0 Å². The lowest BCUT2D eigenvalue weighted by Gasteiger charge is -2.41. The number of imidazole rings is 3. The number of aryl methyl sites for hydroxylation is 3. The molecule has 3 atom stereocenters. The Hall–Kier alpha value is -10.5. The lowest BCUT2D eigenvalue weighted by atomic mass is 9.84. The minimum Gasteiger partial charge on any atom is -0.396 e. The highest BCUT2D eigenvalue weighted by Crippen LogP contribution is 2.37. The number of nitrogens with one attached hydrogen (secondary N) is 3. The van der Waals surface area contributed by atoms with Crippen molar-refractivity contribution in [3.05, 3.63) is 179 Å². The highest BCUT2D eigenvalue weighted by molar-refractivity contribution is 5.85. The van der Waals surface area contributed by atoms with E-state index in [1.54, 1.807) is 37.5 Å². The molecule has 5 N–H and O–H groups in total. The van der Waals surface area contributed by atoms with Gasteiger partial charge in [0.1, 0.15) is 68.6 Å². The maximum atomic E-state index is 15.0. The molecule has 0 saturated carbocycles. The number of halogens is 6. The van der Waals surface area contributed by atoms with Crippen LogP contribution < -0.4 is 16.0 Å². The van der Waals surface area contributed by atoms with Crippen molar-refractivity contribution in [2.45, 2.75) is 178 Å². The number of aromatic nitrogens is 15. The summed E-state index contributed by atoms with van der Waals surface area (Å²) in [5, 5.41) is 28.2. The van der Waals surface area contributed by atoms with Gasteiger partial charge in [0, 0.05) is 125 Å². The van der Waals surface area contributed by atoms with Crippen molar-refractivity contribution in [1.29, 1.82) is 0 Å². The average Bonchev–Trinajstić information content (AvgIpc) is 1.61. The van der Waals surface area contributed by atoms with E-state index in [0.717, 1.165) is 74.5 Å². The van der Waals surface area contributed by atoms with Crippen molar-refractivity contribution in [3.8, 4) is 33.8 Å². The van der Waals surface area contributed by atoms with Gasteiger partial charge in [-0.1, -0.05) is 32.0 Å². The summed E-state index contributed by atoms with van der Waals surface area (Å²) in [6, 6.07) is 20.5. The monoisotopic (exact) mass is 1590 g/mol. The third-order valence-electron chi connectivity index (χ3n) is 21.0. The molecule has 25 nitrogen and oxygen atoms in total. The number of aliphatic hydroxyl groups excluding tert-OH is 2. The number of ether oxygens (including phenoxy) is 2. The Balaban J connectivity index is 0.000000151. The number of hydrogen-bond donors (Lipinski definition) is 5. The summed E-state index contributed by atoms with van der Waals surface area (Å²) < 4.78 is 107. The van der Waals surface area contributed by atoms with E-state index < -0.39 is 41.0 Å². The van der Waals surface area contributed by atoms with Gasteiger partial charge in [-0.2, -0.15) is 0 Å². The minimum absolute atomic E-state index is 0.0109. The number of anilines is 6. The maximum absolute atomic E-state index is 15.0. The van der Waals surface area contributed by atoms with E-state index in [0.29, 0.717) is 119 Å². The largest absolute Gasteiger partial charge is 0.396 e. The number of fused-ring (bicyclic) bond motifs is 3. The molecule has 3 aliphatic rings. The Kier molecular flexibility index (Phi) is 25.2. The number of aliphatic hydroxyl groups is 2. The van der Waals surface area contributed by atoms with Crippen LogP contribution >= 0.6 is 0 Å². The number of likely N-dealkylation sites (tertiary alicyclic amines) is 1. The van der Waals surface area contributed by atoms with Crippen LogP contribution in [0.15, 0.2) is 110 Å². The van der Waals surface area contributed by atoms with Crippen molar-refractivity contribution in [1.82, 2.24) is 88.2 Å². The van der Waals surface area contributed by atoms with Crippen LogP contribution in [0.4, 0.5) is 61.6 Å². The van der Waals surface area contributed by atoms with Crippen molar-refractivity contribution in [2.24, 2.45) is 5.41 Å². The van der Waals surface area contributed by atoms with Crippen LogP contribution in [0.25, 0.3) is 66.9 Å². The van der Waals surface area contributed by atoms with Gasteiger partial charge in [-0.25, -0.2) is 86.2 Å². The molecule has 31 heteroatoms. The Labute approximate surface area is 670 Å². The van der Waals surface area contributed by atoms with E-state index in [-0.39, 0.29) is 87.4 Å². The normalized spacial score (nSPS) is 17.8. The zero-order valence-electron chi connectivity index (χ0n) is 68.0. The molecule has 12 aromatic rings. The standard InChI is InChI=1S/C29H35F2N7O2.C28H33F2N7O2.C28H33F2N7/c1-17(2)38-19(4)34-27-22(30)10-21(11-24(27)38)26-23(31)14-33-28(36-26)35-25-7-6-20(13-32-25)15-37-8-9-40-29(5,16-37)12-18(3)39;1-17(2)37-18(3)33-26-21(29)11-20(12-23(26)37)25-22(30)14-32-27(35-25)34-24-6-5-19(13-31-24)15-36-8-10-39-28(4,16-36)7-9-38;1-17(2)37-18(3)33-26-21(29)11-20(12-23(26)37)25-22(30)14-32-27(35-25)34-24-8-7-19(13-31-24)15-36-10-6-9-28(4,5)16-36/h6-7,10-11,13-14,17-18,39H,8-9,12,15-16H2,1-5H3,(H,32,33,35,36);5-6,11-14,17,38H,7-10,15-16H2,1-4H3,(H,31,32,34,35);7-8,11-14,17H,6,9-10,15-16H2,1-5H3,(H,31,32,34,35)/t18-,29-;28-;/m01./s1. The van der Waals surface area contributed by atoms with Gasteiger partial charge < -0.3 is 49.3 Å². The molecule has 3 saturated heterocycles. The highest BCUT2D eigenvalue weighted by Gasteiger charge is 2.35. The topological polar surface area (TPSA) is 274 Å². The summed E-state index contributed by atoms with van der Waals surface area (Å²) in [6.45, 7) is 36.6. The molecular weight excluding hydrogens is 1490 g/mol. The number of nitrogens with zero attached hydrogens (tertiary/aromatic N) is 18. The van der Waals surface area contributed by atoms with Crippen molar-refractivity contribution in [3.63, 3.8) is 0 Å². The summed E-state index contributed by atoms with van der Waals surface area (Å²) >= 11 is 0. The van der Waals surface area contributed by atoms with Gasteiger partial charge in [0.25, 0.3) is 0 Å². The highest BCUT2D eigenvalue weighted by atomic mass is 19.1. The predicted molar refractivity (Wildman–Crippen MR) is 436 cm³/mol. The van der Waals surface area contributed by atoms with Crippen molar-refractivity contribution in [2.75, 3.05) is 75.0 Å². The summed E-state index contributed by atoms with van der Waals surface area (Å²) in [5.41, 5.74) is 6.18. The molecule has 0 spiro atoms. The van der Waals surface area contributed by atoms with Gasteiger partial charge in [0.05, 0.1) is 65.7 Å². The predicted octanol–water partition coefficient (Wildman–Crippen LogP) is 16.4. The third kappa shape index (κ3) is 19.6. The maximum Gasteiger partial charge on any atom is 0.229 e. The van der Waals surface area contributed by atoms with Gasteiger partial charge in [0.15, 0.2) is 34.9 Å². The number of hydrogen-bond acceptors (Lipinski definition) is 22. The second-order valence-corrected chi connectivity index (χ2v) is 32.6. The Morgan fingerprint density at radius 1 is 0.431 bits per heavy atom. The van der Waals surface area contributed by atoms with Crippen LogP contribution in [0.3, 0.4) is 0 Å². The van der Waals surface area contributed by atoms with E-state index in [2.05, 4.69) is 104 Å². The molecular formula is C85H101F6N21O4. The molecule has 15 rings (SSSR count). The second kappa shape index (κ2) is 35.1. The fourth-order valence-electron chi connectivity index (χ4n) is 16.1. The van der Waals surface area contributed by atoms with Gasteiger partial charge in [0.2, 0.25) is 17.8 Å². The van der Waals surface area contributed by atoms with Crippen molar-refractivity contribution >= 4 is 68.4 Å². The van der Waals surface area contributed by atoms with E-state index in [4.69, 9.17) is 9.47 Å². The van der Waals surface area contributed by atoms with E-state index in [9.17, 15) is 36.6 Å². The molecule has 12 heterocycles. The summed E-state index contributed by atoms with van der Waals surface area (Å²) in [4.78, 5) is 58.8. The average molecular weight is 1590 g/mol. The van der Waals surface area contributed by atoms with Gasteiger partial charge >= 0.3 is 0 Å². The van der Waals surface area contributed by atoms with Crippen LogP contribution in [0.5, 0.6) is 0 Å². The first-order valence-electron chi connectivity index (χ1n) is 39.3. The number of piperidine rings is 1. The molecule has 3 aromatic carbocycles. The lowest BCUT2D eigenvalue weighted by Crippen LogP contribution is -2.50. The van der Waals surface area contributed by atoms with Crippen LogP contribution in [0.1, 0.15) is 154 Å². The molecule has 3 aliphatic heterocycles. The minimum atomic E-state index is -0.659. The summed E-state index contributed by atoms with van der Waals surface area (Å²) in [5.74, 6) is 0.551. The molecule has 0 bridgehead atoms. The number of pyridine rings is 3. The third-order valence-corrected chi connectivity index (χ3v) is 21.0. The van der Waals surface area contributed by atoms with E-state index in [1.165, 1.54) is 31.0 Å². The smallest absolute Gasteiger partial charge is 0.229 e. The Bertz CT molecular complexity index is 5470. The zero-order valence-corrected chi connectivity index (χ0v) is 68.0. The van der Waals surface area contributed by atoms with Crippen LogP contribution in [0, 0.1) is 61.1 Å². The quantitative estimate of drug-likeness (QED) is 0.0394. The molecule has 9 aromatic heterocycles. The number of morpholine rings is 2. The molecule has 612 valence electrons. The second-order valence-electron chi connectivity index (χ2n) is 32.6. The van der Waals surface area contributed by atoms with E-state index in [1.807, 2.05) is 132 Å². The summed E-state index contributed by atoms with van der Waals surface area (Å²) in [6.07, 6.45) is 11.8. The molecule has 0 radical (unpaired) electrons. The van der Waals surface area contributed by atoms with Gasteiger partial charge in [-0.3, -0.25) is 14.7 Å². The number of rotatable bonds is 22. The van der Waals surface area contributed by atoms with Crippen LogP contribution in [-0.2, 0) is 29.1 Å². The van der Waals surface area contributed by atoms with Gasteiger partial charge in [-0.05, 0) is 179 Å². The zero-order chi connectivity index (χ0) is 82.7. The molecule has 3 fully saturated rings. The fourth-order valence-corrected chi connectivity index (χ4v) is 16.1. The van der Waals surface area contributed by atoms with Gasteiger partial charge in [-0.15, -0.1) is 0 Å². The Morgan fingerprint density at radius 3 is 1.09 bits per heavy atom. The molecule has 116 heavy (non-hydrogen) atoms. The molecule has 0 unspecified atom stereocenters. The first-order chi connectivity index (χ1) is 55.3.